The maximum absolute atomic E-state index is 14.1. The second kappa shape index (κ2) is 38.9. The number of carbonyl (C=O) groups is 2. The van der Waals surface area contributed by atoms with Gasteiger partial charge in [-0.15, -0.1) is 0 Å². The molecule has 0 aromatic carbocycles. The van der Waals surface area contributed by atoms with Crippen molar-refractivity contribution in [2.24, 2.45) is 23.5 Å². The van der Waals surface area contributed by atoms with E-state index in [1.54, 1.807) is 92.8 Å². The summed E-state index contributed by atoms with van der Waals surface area (Å²) >= 11 is 0. The third-order valence-electron chi connectivity index (χ3n) is 17.3. The Bertz CT molecular complexity index is 2440. The van der Waals surface area contributed by atoms with Crippen molar-refractivity contribution in [2.45, 2.75) is 231 Å². The number of ether oxygens (including phenoxy) is 7. The molecule has 4 fully saturated rings. The van der Waals surface area contributed by atoms with Gasteiger partial charge in [0.25, 0.3) is 0 Å². The van der Waals surface area contributed by atoms with Gasteiger partial charge in [0.1, 0.15) is 54.9 Å². The van der Waals surface area contributed by atoms with E-state index in [1.165, 1.54) is 13.0 Å². The molecule has 30 nitrogen and oxygen atoms in total. The van der Waals surface area contributed by atoms with Crippen LogP contribution in [0.4, 0.5) is 0 Å². The number of nitrogens with one attached hydrogen (secondary N) is 3. The van der Waals surface area contributed by atoms with Gasteiger partial charge in [-0.05, 0) is 33.1 Å². The molecule has 2 bridgehead atoms. The zero-order valence-electron chi connectivity index (χ0n) is 53.1. The van der Waals surface area contributed by atoms with Gasteiger partial charge in [-0.1, -0.05) is 98.9 Å². The van der Waals surface area contributed by atoms with Gasteiger partial charge in [-0.25, -0.2) is 0 Å². The minimum atomic E-state index is -2.68. The second-order valence-corrected chi connectivity index (χ2v) is 24.9. The minimum Gasteiger partial charge on any atom is -0.462 e. The van der Waals surface area contributed by atoms with E-state index in [4.69, 9.17) is 38.9 Å². The summed E-state index contributed by atoms with van der Waals surface area (Å²) in [4.78, 5) is 26.9. The quantitative estimate of drug-likeness (QED) is 0.0570. The molecule has 93 heavy (non-hydrogen) atoms. The van der Waals surface area contributed by atoms with Gasteiger partial charge in [-0.2, -0.15) is 0 Å². The van der Waals surface area contributed by atoms with E-state index in [9.17, 15) is 96.4 Å². The Labute approximate surface area is 541 Å². The lowest BCUT2D eigenvalue weighted by molar-refractivity contribution is -0.368. The predicted octanol–water partition coefficient (Wildman–Crippen LogP) is -5.45. The molecule has 0 radical (unpaired) electrons. The number of nitrogens with two attached hydrogens (primary N) is 1. The summed E-state index contributed by atoms with van der Waals surface area (Å²) in [5.41, 5.74) is 5.61. The van der Waals surface area contributed by atoms with Gasteiger partial charge >= 0.3 is 5.97 Å². The van der Waals surface area contributed by atoms with Gasteiger partial charge in [-0.3, -0.25) is 9.59 Å². The van der Waals surface area contributed by atoms with E-state index in [-0.39, 0.29) is 38.3 Å². The Kier molecular flexibility index (Phi) is 33.3. The number of amides is 1. The van der Waals surface area contributed by atoms with Crippen LogP contribution >= 0.6 is 0 Å². The fourth-order valence-electron chi connectivity index (χ4n) is 11.6. The van der Waals surface area contributed by atoms with E-state index in [1.807, 2.05) is 6.92 Å². The van der Waals surface area contributed by atoms with E-state index < -0.39 is 228 Å². The number of hydrogen-bond acceptors (Lipinski definition) is 29. The smallest absolute Gasteiger partial charge is 0.308 e. The molecule has 0 aromatic heterocycles. The van der Waals surface area contributed by atoms with Crippen LogP contribution in [0.1, 0.15) is 79.1 Å². The van der Waals surface area contributed by atoms with Gasteiger partial charge in [0.2, 0.25) is 11.7 Å². The first-order chi connectivity index (χ1) is 44.0. The van der Waals surface area contributed by atoms with Crippen molar-refractivity contribution < 1.29 is 130 Å². The van der Waals surface area contributed by atoms with Crippen molar-refractivity contribution >= 4 is 11.9 Å². The van der Waals surface area contributed by atoms with E-state index in [2.05, 4.69) is 16.0 Å². The van der Waals surface area contributed by atoms with Crippen molar-refractivity contribution in [1.82, 2.24) is 16.0 Å². The number of hydrogen-bond donors (Lipinski definition) is 21. The van der Waals surface area contributed by atoms with Gasteiger partial charge in [0.15, 0.2) is 18.4 Å². The van der Waals surface area contributed by atoms with Crippen LogP contribution in [0.2, 0.25) is 0 Å². The number of carbonyl (C=O) groups excluding carboxylic acids is 2. The standard InChI is InChI=1S/C63H104N4O26/c1-34-17-15-13-11-9-7-5-6-8-10-12-14-16-18-41(90-60-54(80)50(52(78)37(4)89-60)67-33-63(86)58(83)57(45(75)32-87-63)92-61-56(82)55(81)53(79)47(31-68)91-61)28-46-49(59(84)66-24-23-65-22-21-64)44(74)30-62(85,93-46)29-40(71)26-43(73)42(72)20-19-38(69)25-39(70)27-48(76)88-36(3)35(2)51(34)77/h5-18,34-47,49-58,60-61,65,67-75,77-83,85-86H,19-33,64H2,1-4H3,(H,66,84)/b6-5+,9-7+,10-8+,13-11+,14-12+,17-15+,18-16+/t34-,35?,36-,37+,38+,39+,40-,41-,42+,43+,44-,45+,46?,47+,49?,50-,51+,52+,53-,54-,55-,56+,57+,58-,60?,61?,62+,63+/m0/s1. The number of cyclic esters (lactones) is 1. The van der Waals surface area contributed by atoms with Crippen LogP contribution in [0.5, 0.6) is 0 Å². The molecule has 5 aliphatic heterocycles. The number of esters is 1. The summed E-state index contributed by atoms with van der Waals surface area (Å²) in [5.74, 6) is -8.84. The molecule has 5 rings (SSSR count). The molecule has 22 N–H and O–H groups in total. The lowest BCUT2D eigenvalue weighted by Gasteiger charge is -2.48. The lowest BCUT2D eigenvalue weighted by Crippen LogP contribution is -2.70. The zero-order valence-corrected chi connectivity index (χ0v) is 53.1. The number of allylic oxidation sites excluding steroid dienone is 12. The summed E-state index contributed by atoms with van der Waals surface area (Å²) in [6, 6.07) is -1.48. The predicted molar refractivity (Wildman–Crippen MR) is 330 cm³/mol. The van der Waals surface area contributed by atoms with E-state index in [0.717, 1.165) is 0 Å². The molecule has 1 amide bonds. The maximum atomic E-state index is 14.1. The van der Waals surface area contributed by atoms with Crippen molar-refractivity contribution in [3.8, 4) is 0 Å². The Morgan fingerprint density at radius 3 is 1.88 bits per heavy atom. The average Bonchev–Trinajstić information content (AvgIpc) is 0.836. The summed E-state index contributed by atoms with van der Waals surface area (Å²) in [6.45, 7) is 5.35. The maximum Gasteiger partial charge on any atom is 0.308 e. The molecule has 28 atom stereocenters. The summed E-state index contributed by atoms with van der Waals surface area (Å²) < 4.78 is 40.7. The molecule has 5 heterocycles. The van der Waals surface area contributed by atoms with Crippen LogP contribution in [0.15, 0.2) is 85.1 Å². The number of rotatable bonds is 14. The van der Waals surface area contributed by atoms with Crippen LogP contribution in [-0.4, -0.2) is 297 Å². The zero-order chi connectivity index (χ0) is 68.7. The first-order valence-corrected chi connectivity index (χ1v) is 31.8. The highest BCUT2D eigenvalue weighted by Gasteiger charge is 2.55. The molecular weight excluding hydrogens is 1230 g/mol. The minimum absolute atomic E-state index is 0.0630. The number of aliphatic hydroxyl groups is 17. The van der Waals surface area contributed by atoms with Crippen LogP contribution in [0.3, 0.4) is 0 Å². The third kappa shape index (κ3) is 24.2. The molecule has 30 heteroatoms. The van der Waals surface area contributed by atoms with E-state index in [0.29, 0.717) is 13.1 Å². The normalized spacial score (nSPS) is 45.4. The monoisotopic (exact) mass is 1330 g/mol. The fraction of sp³-hybridized carbons (Fsp3) is 0.746. The largest absolute Gasteiger partial charge is 0.462 e. The highest BCUT2D eigenvalue weighted by Crippen LogP contribution is 2.39. The lowest BCUT2D eigenvalue weighted by atomic mass is 9.82. The number of fused-ring (bicyclic) bond motifs is 2. The van der Waals surface area contributed by atoms with Crippen molar-refractivity contribution in [3.63, 3.8) is 0 Å². The Morgan fingerprint density at radius 2 is 1.25 bits per heavy atom. The van der Waals surface area contributed by atoms with Gasteiger partial charge < -0.3 is 142 Å². The van der Waals surface area contributed by atoms with Crippen LogP contribution < -0.4 is 21.7 Å². The second-order valence-electron chi connectivity index (χ2n) is 24.9. The Balaban J connectivity index is 1.42. The first kappa shape index (κ1) is 79.8. The highest BCUT2D eigenvalue weighted by molar-refractivity contribution is 5.80. The first-order valence-electron chi connectivity index (χ1n) is 31.8. The molecule has 5 aliphatic rings. The van der Waals surface area contributed by atoms with Gasteiger partial charge in [0, 0.05) is 63.7 Å². The molecule has 5 unspecified atom stereocenters. The highest BCUT2D eigenvalue weighted by atomic mass is 16.7. The van der Waals surface area contributed by atoms with Crippen LogP contribution in [-0.2, 0) is 42.7 Å². The SMILES string of the molecule is CC1[C@H](C)OC(=O)C[C@H](O)C[C@H](O)CC[C@@H](O)[C@H](O)C[C@H](O)C[C@]2(O)C[C@H](O)C(C(=O)NCCNCCN)C(C[C@@H](OC3O[C@H](C)[C@@H](O)[C@H](NC[C@@]4(O)OC[C@@H](O)[C@@H](OC5O[C@H](CO)[C@H](O)[C@H](O)[C@H]5O)[C@@H]4O)[C@@H]3O)/C=C/C=C/C=C/C=C/C=C/C=C/C=C/[C@H](C)[C@H]1O)O2. The Hall–Kier alpha value is -3.92. The van der Waals surface area contributed by atoms with Crippen molar-refractivity contribution in [1.29, 1.82) is 0 Å². The molecule has 0 aliphatic carbocycles. The summed E-state index contributed by atoms with van der Waals surface area (Å²) in [7, 11) is 0. The molecule has 532 valence electrons. The molecule has 0 aromatic rings. The van der Waals surface area contributed by atoms with Crippen LogP contribution in [0.25, 0.3) is 0 Å². The van der Waals surface area contributed by atoms with Gasteiger partial charge in [0.05, 0.1) is 105 Å². The molecule has 4 saturated heterocycles. The number of aliphatic hydroxyl groups excluding tert-OH is 15. The summed E-state index contributed by atoms with van der Waals surface area (Å²) in [6.07, 6.45) is -13.9. The average molecular weight is 1330 g/mol. The van der Waals surface area contributed by atoms with Crippen molar-refractivity contribution in [2.75, 3.05) is 45.9 Å². The molecule has 0 saturated carbocycles. The third-order valence-corrected chi connectivity index (χ3v) is 17.3. The van der Waals surface area contributed by atoms with Crippen molar-refractivity contribution in [3.05, 3.63) is 85.1 Å². The summed E-state index contributed by atoms with van der Waals surface area (Å²) in [5, 5.41) is 197. The molecule has 0 spiro atoms. The topological polar surface area (TPSA) is 505 Å². The Morgan fingerprint density at radius 1 is 0.624 bits per heavy atom. The molecular formula is C63H104N4O26. The van der Waals surface area contributed by atoms with E-state index >= 15 is 0 Å². The van der Waals surface area contributed by atoms with Crippen LogP contribution in [0, 0.1) is 17.8 Å². The fourth-order valence-corrected chi connectivity index (χ4v) is 11.6.